The van der Waals surface area contributed by atoms with Crippen LogP contribution in [0.2, 0.25) is 0 Å². The first-order chi connectivity index (χ1) is 12.1. The Morgan fingerprint density at radius 1 is 0.920 bits per heavy atom. The van der Waals surface area contributed by atoms with Gasteiger partial charge < -0.3 is 9.47 Å². The number of para-hydroxylation sites is 1. The van der Waals surface area contributed by atoms with Gasteiger partial charge in [0.15, 0.2) is 0 Å². The van der Waals surface area contributed by atoms with Crippen LogP contribution in [0.25, 0.3) is 0 Å². The summed E-state index contributed by atoms with van der Waals surface area (Å²) < 4.78 is 24.1. The number of rotatable bonds is 5. The molecule has 3 aromatic carbocycles. The number of halogens is 1. The molecular weight excluding hydrogens is 319 g/mol. The van der Waals surface area contributed by atoms with E-state index < -0.39 is 5.97 Å². The van der Waals surface area contributed by atoms with Gasteiger partial charge in [-0.2, -0.15) is 0 Å². The van der Waals surface area contributed by atoms with Crippen molar-refractivity contribution in [2.24, 2.45) is 0 Å². The third-order valence-corrected chi connectivity index (χ3v) is 3.65. The van der Waals surface area contributed by atoms with Crippen LogP contribution in [-0.2, 0) is 6.61 Å². The molecule has 0 bridgehead atoms. The highest BCUT2D eigenvalue weighted by molar-refractivity contribution is 5.93. The van der Waals surface area contributed by atoms with Crippen LogP contribution in [0.4, 0.5) is 4.39 Å². The van der Waals surface area contributed by atoms with E-state index in [1.165, 1.54) is 12.1 Å². The molecule has 3 nitrogen and oxygen atoms in total. The standard InChI is InChI=1S/C21H17FO3/c1-15-6-12-18(13-7-15)25-21(23)19-4-2-3-5-20(19)24-14-16-8-10-17(22)11-9-16/h2-13H,14H2,1H3. The number of ether oxygens (including phenoxy) is 2. The van der Waals surface area contributed by atoms with Gasteiger partial charge in [-0.1, -0.05) is 42.0 Å². The van der Waals surface area contributed by atoms with Gasteiger partial charge in [0.1, 0.15) is 29.5 Å². The zero-order valence-corrected chi connectivity index (χ0v) is 13.7. The molecule has 0 saturated carbocycles. The second kappa shape index (κ2) is 7.62. The van der Waals surface area contributed by atoms with Crippen LogP contribution in [-0.4, -0.2) is 5.97 Å². The fourth-order valence-corrected chi connectivity index (χ4v) is 2.27. The Morgan fingerprint density at radius 2 is 1.60 bits per heavy atom. The molecule has 0 radical (unpaired) electrons. The van der Waals surface area contributed by atoms with E-state index in [2.05, 4.69) is 0 Å². The summed E-state index contributed by atoms with van der Waals surface area (Å²) in [6.07, 6.45) is 0. The van der Waals surface area contributed by atoms with Crippen LogP contribution in [0, 0.1) is 12.7 Å². The second-order valence-electron chi connectivity index (χ2n) is 5.61. The van der Waals surface area contributed by atoms with Crippen LogP contribution in [0.1, 0.15) is 21.5 Å². The minimum atomic E-state index is -0.487. The maximum absolute atomic E-state index is 12.9. The van der Waals surface area contributed by atoms with Crippen LogP contribution >= 0.6 is 0 Å². The minimum absolute atomic E-state index is 0.231. The minimum Gasteiger partial charge on any atom is -0.488 e. The van der Waals surface area contributed by atoms with Crippen molar-refractivity contribution < 1.29 is 18.7 Å². The van der Waals surface area contributed by atoms with Crippen LogP contribution < -0.4 is 9.47 Å². The molecule has 0 heterocycles. The summed E-state index contributed by atoms with van der Waals surface area (Å²) in [7, 11) is 0. The Bertz CT molecular complexity index is 855. The molecule has 4 heteroatoms. The number of carbonyl (C=O) groups is 1. The molecule has 3 aromatic rings. The summed E-state index contributed by atoms with van der Waals surface area (Å²) in [5, 5.41) is 0. The number of carbonyl (C=O) groups excluding carboxylic acids is 1. The average molecular weight is 336 g/mol. The van der Waals surface area contributed by atoms with Gasteiger partial charge >= 0.3 is 5.97 Å². The van der Waals surface area contributed by atoms with Crippen LogP contribution in [0.15, 0.2) is 72.8 Å². The summed E-state index contributed by atoms with van der Waals surface area (Å²) >= 11 is 0. The monoisotopic (exact) mass is 336 g/mol. The van der Waals surface area contributed by atoms with Crippen LogP contribution in [0.5, 0.6) is 11.5 Å². The molecule has 25 heavy (non-hydrogen) atoms. The van der Waals surface area contributed by atoms with Crippen molar-refractivity contribution in [2.45, 2.75) is 13.5 Å². The number of benzene rings is 3. The molecule has 0 atom stereocenters. The number of hydrogen-bond donors (Lipinski definition) is 0. The first-order valence-corrected chi connectivity index (χ1v) is 7.87. The number of aryl methyl sites for hydroxylation is 1. The van der Waals surface area contributed by atoms with Gasteiger partial charge in [-0.15, -0.1) is 0 Å². The Morgan fingerprint density at radius 3 is 2.32 bits per heavy atom. The smallest absolute Gasteiger partial charge is 0.347 e. The van der Waals surface area contributed by atoms with E-state index in [1.807, 2.05) is 19.1 Å². The summed E-state index contributed by atoms with van der Waals surface area (Å²) in [5.74, 6) is 0.109. The van der Waals surface area contributed by atoms with Crippen molar-refractivity contribution >= 4 is 5.97 Å². The zero-order valence-electron chi connectivity index (χ0n) is 13.7. The lowest BCUT2D eigenvalue weighted by Crippen LogP contribution is -2.11. The van der Waals surface area contributed by atoms with Crippen molar-refractivity contribution in [3.05, 3.63) is 95.3 Å². The van der Waals surface area contributed by atoms with Crippen molar-refractivity contribution in [1.82, 2.24) is 0 Å². The summed E-state index contributed by atoms with van der Waals surface area (Å²) in [6.45, 7) is 2.19. The van der Waals surface area contributed by atoms with Gasteiger partial charge in [-0.25, -0.2) is 9.18 Å². The van der Waals surface area contributed by atoms with E-state index in [1.54, 1.807) is 48.5 Å². The molecule has 0 spiro atoms. The van der Waals surface area contributed by atoms with Gasteiger partial charge in [-0.3, -0.25) is 0 Å². The van der Waals surface area contributed by atoms with Crippen LogP contribution in [0.3, 0.4) is 0 Å². The molecule has 3 rings (SSSR count). The van der Waals surface area contributed by atoms with Gasteiger partial charge in [0, 0.05) is 0 Å². The average Bonchev–Trinajstić information content (AvgIpc) is 2.63. The SMILES string of the molecule is Cc1ccc(OC(=O)c2ccccc2OCc2ccc(F)cc2)cc1. The second-order valence-corrected chi connectivity index (χ2v) is 5.61. The Kier molecular flexibility index (Phi) is 5.09. The quantitative estimate of drug-likeness (QED) is 0.489. The van der Waals surface area contributed by atoms with E-state index in [4.69, 9.17) is 9.47 Å². The molecule has 0 aliphatic carbocycles. The Balaban J connectivity index is 1.72. The third kappa shape index (κ3) is 4.44. The molecule has 0 aliphatic heterocycles. The van der Waals surface area contributed by atoms with Crippen molar-refractivity contribution in [1.29, 1.82) is 0 Å². The Labute approximate surface area is 145 Å². The Hall–Kier alpha value is -3.14. The molecule has 0 amide bonds. The van der Waals surface area contributed by atoms with Gasteiger partial charge in [0.05, 0.1) is 0 Å². The molecule has 0 fully saturated rings. The highest BCUT2D eigenvalue weighted by atomic mass is 19.1. The fraction of sp³-hybridized carbons (Fsp3) is 0.0952. The highest BCUT2D eigenvalue weighted by Crippen LogP contribution is 2.22. The molecule has 0 unspecified atom stereocenters. The largest absolute Gasteiger partial charge is 0.488 e. The first kappa shape index (κ1) is 16.7. The van der Waals surface area contributed by atoms with Gasteiger partial charge in [0.25, 0.3) is 0 Å². The molecular formula is C21H17FO3. The maximum atomic E-state index is 12.9. The molecule has 0 N–H and O–H groups in total. The molecule has 0 saturated heterocycles. The van der Waals surface area contributed by atoms with E-state index >= 15 is 0 Å². The maximum Gasteiger partial charge on any atom is 0.347 e. The lowest BCUT2D eigenvalue weighted by atomic mass is 10.2. The third-order valence-electron chi connectivity index (χ3n) is 3.65. The highest BCUT2D eigenvalue weighted by Gasteiger charge is 2.14. The van der Waals surface area contributed by atoms with Crippen molar-refractivity contribution in [2.75, 3.05) is 0 Å². The topological polar surface area (TPSA) is 35.5 Å². The lowest BCUT2D eigenvalue weighted by molar-refractivity contribution is 0.0729. The van der Waals surface area contributed by atoms with Gasteiger partial charge in [-0.05, 0) is 48.9 Å². The van der Waals surface area contributed by atoms with E-state index in [9.17, 15) is 9.18 Å². The summed E-state index contributed by atoms with van der Waals surface area (Å²) in [6, 6.07) is 20.1. The first-order valence-electron chi connectivity index (χ1n) is 7.87. The van der Waals surface area contributed by atoms with Crippen molar-refractivity contribution in [3.63, 3.8) is 0 Å². The summed E-state index contributed by atoms with van der Waals surface area (Å²) in [4.78, 5) is 12.4. The van der Waals surface area contributed by atoms with E-state index in [-0.39, 0.29) is 12.4 Å². The molecule has 126 valence electrons. The van der Waals surface area contributed by atoms with Crippen molar-refractivity contribution in [3.8, 4) is 11.5 Å². The van der Waals surface area contributed by atoms with E-state index in [0.717, 1.165) is 11.1 Å². The normalized spacial score (nSPS) is 10.3. The fourth-order valence-electron chi connectivity index (χ4n) is 2.27. The van der Waals surface area contributed by atoms with Gasteiger partial charge in [0.2, 0.25) is 0 Å². The predicted octanol–water partition coefficient (Wildman–Crippen LogP) is 4.93. The number of esters is 1. The molecule has 0 aromatic heterocycles. The zero-order chi connectivity index (χ0) is 17.6. The lowest BCUT2D eigenvalue weighted by Gasteiger charge is -2.11. The molecule has 0 aliphatic rings. The summed E-state index contributed by atoms with van der Waals surface area (Å²) in [5.41, 5.74) is 2.23. The number of hydrogen-bond acceptors (Lipinski definition) is 3. The predicted molar refractivity (Wildman–Crippen MR) is 93.3 cm³/mol. The van der Waals surface area contributed by atoms with E-state index in [0.29, 0.717) is 17.1 Å².